The van der Waals surface area contributed by atoms with Gasteiger partial charge in [0.2, 0.25) is 0 Å². The molecule has 0 aliphatic carbocycles. The molecule has 0 atom stereocenters. The van der Waals surface area contributed by atoms with Crippen LogP contribution in [0.4, 0.5) is 10.2 Å². The monoisotopic (exact) mass is 551 g/mol. The summed E-state index contributed by atoms with van der Waals surface area (Å²) in [7, 11) is 1.70. The van der Waals surface area contributed by atoms with Gasteiger partial charge in [-0.15, -0.1) is 0 Å². The van der Waals surface area contributed by atoms with Crippen molar-refractivity contribution in [1.82, 2.24) is 20.1 Å². The highest BCUT2D eigenvalue weighted by Crippen LogP contribution is 2.27. The molecular formula is C30H35ClFN5O2. The van der Waals surface area contributed by atoms with Crippen LogP contribution in [0.15, 0.2) is 60.8 Å². The number of rotatable bonds is 8. The zero-order valence-electron chi connectivity index (χ0n) is 22.3. The molecule has 3 aromatic rings. The van der Waals surface area contributed by atoms with Gasteiger partial charge in [0.25, 0.3) is 5.91 Å². The van der Waals surface area contributed by atoms with Crippen molar-refractivity contribution in [2.75, 3.05) is 51.3 Å². The fourth-order valence-corrected chi connectivity index (χ4v) is 5.74. The van der Waals surface area contributed by atoms with E-state index < -0.39 is 0 Å². The smallest absolute Gasteiger partial charge is 0.253 e. The van der Waals surface area contributed by atoms with Crippen molar-refractivity contribution in [1.29, 1.82) is 0 Å². The SMILES string of the molecule is COc1ccc(CN2CCC(N3CCN(c4ncc(C(=O)NCc5cccc(F)c5)cc4Cl)CC3)CC2)cc1. The predicted octanol–water partition coefficient (Wildman–Crippen LogP) is 4.60. The molecule has 2 aliphatic heterocycles. The number of anilines is 1. The van der Waals surface area contributed by atoms with Crippen LogP contribution in [0.25, 0.3) is 0 Å². The molecule has 2 aliphatic rings. The van der Waals surface area contributed by atoms with E-state index >= 15 is 0 Å². The summed E-state index contributed by atoms with van der Waals surface area (Å²) >= 11 is 6.57. The van der Waals surface area contributed by atoms with E-state index in [1.54, 1.807) is 31.5 Å². The summed E-state index contributed by atoms with van der Waals surface area (Å²) in [6.07, 6.45) is 3.91. The van der Waals surface area contributed by atoms with Crippen LogP contribution in [0.1, 0.15) is 34.3 Å². The van der Waals surface area contributed by atoms with Gasteiger partial charge < -0.3 is 15.0 Å². The molecule has 1 amide bonds. The maximum atomic E-state index is 13.4. The molecule has 1 N–H and O–H groups in total. The third-order valence-electron chi connectivity index (χ3n) is 7.68. The zero-order valence-corrected chi connectivity index (χ0v) is 23.0. The minimum absolute atomic E-state index is 0.234. The number of benzene rings is 2. The maximum Gasteiger partial charge on any atom is 0.253 e. The average molecular weight is 552 g/mol. The predicted molar refractivity (Wildman–Crippen MR) is 152 cm³/mol. The normalized spacial score (nSPS) is 17.3. The van der Waals surface area contributed by atoms with Crippen LogP contribution in [0.5, 0.6) is 5.75 Å². The van der Waals surface area contributed by atoms with Gasteiger partial charge in [-0.3, -0.25) is 14.6 Å². The number of halogens is 2. The van der Waals surface area contributed by atoms with E-state index in [-0.39, 0.29) is 18.3 Å². The lowest BCUT2D eigenvalue weighted by Gasteiger charge is -2.43. The average Bonchev–Trinajstić information content (AvgIpc) is 2.97. The van der Waals surface area contributed by atoms with Crippen LogP contribution in [0.2, 0.25) is 5.02 Å². The Morgan fingerprint density at radius 3 is 2.44 bits per heavy atom. The van der Waals surface area contributed by atoms with Gasteiger partial charge in [0.15, 0.2) is 0 Å². The van der Waals surface area contributed by atoms with E-state index in [9.17, 15) is 9.18 Å². The van der Waals surface area contributed by atoms with Crippen molar-refractivity contribution >= 4 is 23.3 Å². The molecule has 1 aromatic heterocycles. The number of likely N-dealkylation sites (tertiary alicyclic amines) is 1. The van der Waals surface area contributed by atoms with Crippen LogP contribution < -0.4 is 15.0 Å². The lowest BCUT2D eigenvalue weighted by atomic mass is 10.0. The first-order valence-corrected chi connectivity index (χ1v) is 13.9. The van der Waals surface area contributed by atoms with Crippen LogP contribution in [-0.2, 0) is 13.1 Å². The van der Waals surface area contributed by atoms with Crippen LogP contribution in [0, 0.1) is 5.82 Å². The number of ether oxygens (including phenoxy) is 1. The van der Waals surface area contributed by atoms with Gasteiger partial charge in [0, 0.05) is 51.5 Å². The number of nitrogens with one attached hydrogen (secondary N) is 1. The zero-order chi connectivity index (χ0) is 27.2. The van der Waals surface area contributed by atoms with Gasteiger partial charge in [-0.2, -0.15) is 0 Å². The van der Waals surface area contributed by atoms with Crippen LogP contribution >= 0.6 is 11.6 Å². The Balaban J connectivity index is 1.08. The van der Waals surface area contributed by atoms with Crippen LogP contribution in [0.3, 0.4) is 0 Å². The largest absolute Gasteiger partial charge is 0.497 e. The number of amides is 1. The summed E-state index contributed by atoms with van der Waals surface area (Å²) in [5.41, 5.74) is 2.40. The first-order valence-electron chi connectivity index (χ1n) is 13.5. The summed E-state index contributed by atoms with van der Waals surface area (Å²) in [6, 6.07) is 16.8. The first-order chi connectivity index (χ1) is 19.0. The number of piperazine rings is 1. The Morgan fingerprint density at radius 2 is 1.77 bits per heavy atom. The van der Waals surface area contributed by atoms with Crippen molar-refractivity contribution in [3.63, 3.8) is 0 Å². The summed E-state index contributed by atoms with van der Waals surface area (Å²) in [5, 5.41) is 3.27. The molecule has 7 nitrogen and oxygen atoms in total. The number of hydrogen-bond donors (Lipinski definition) is 1. The molecule has 0 unspecified atom stereocenters. The van der Waals surface area contributed by atoms with Gasteiger partial charge in [-0.1, -0.05) is 35.9 Å². The number of carbonyl (C=O) groups is 1. The van der Waals surface area contributed by atoms with Gasteiger partial charge in [-0.05, 0) is 67.4 Å². The number of nitrogens with zero attached hydrogens (tertiary/aromatic N) is 4. The number of methoxy groups -OCH3 is 1. The van der Waals surface area contributed by atoms with Crippen molar-refractivity contribution < 1.29 is 13.9 Å². The summed E-state index contributed by atoms with van der Waals surface area (Å²) in [4.78, 5) is 24.4. The number of pyridine rings is 1. The molecule has 3 heterocycles. The van der Waals surface area contributed by atoms with E-state index in [0.717, 1.165) is 51.6 Å². The second kappa shape index (κ2) is 12.8. The van der Waals surface area contributed by atoms with E-state index in [1.165, 1.54) is 30.5 Å². The summed E-state index contributed by atoms with van der Waals surface area (Å²) in [6.45, 7) is 7.06. The fraction of sp³-hybridized carbons (Fsp3) is 0.400. The molecule has 0 spiro atoms. The number of hydrogen-bond acceptors (Lipinski definition) is 6. The molecule has 5 rings (SSSR count). The molecule has 2 aromatic carbocycles. The third-order valence-corrected chi connectivity index (χ3v) is 7.96. The van der Waals surface area contributed by atoms with Crippen LogP contribution in [-0.4, -0.2) is 73.1 Å². The second-order valence-corrected chi connectivity index (χ2v) is 10.6. The van der Waals surface area contributed by atoms with Crippen molar-refractivity contribution in [2.45, 2.75) is 32.0 Å². The van der Waals surface area contributed by atoms with Gasteiger partial charge >= 0.3 is 0 Å². The highest BCUT2D eigenvalue weighted by atomic mass is 35.5. The molecule has 39 heavy (non-hydrogen) atoms. The van der Waals surface area contributed by atoms with Crippen molar-refractivity contribution in [3.8, 4) is 5.75 Å². The number of carbonyl (C=O) groups excluding carboxylic acids is 1. The second-order valence-electron chi connectivity index (χ2n) is 10.2. The van der Waals surface area contributed by atoms with E-state index in [2.05, 4.69) is 37.1 Å². The summed E-state index contributed by atoms with van der Waals surface area (Å²) in [5.74, 6) is 0.994. The van der Waals surface area contributed by atoms with Gasteiger partial charge in [-0.25, -0.2) is 9.37 Å². The first kappa shape index (κ1) is 27.4. The Bertz CT molecular complexity index is 1260. The minimum Gasteiger partial charge on any atom is -0.497 e. The fourth-order valence-electron chi connectivity index (χ4n) is 5.45. The quantitative estimate of drug-likeness (QED) is 0.441. The highest BCUT2D eigenvalue weighted by molar-refractivity contribution is 6.33. The molecule has 9 heteroatoms. The molecule has 2 fully saturated rings. The maximum absolute atomic E-state index is 13.4. The Hall–Kier alpha value is -3.20. The lowest BCUT2D eigenvalue weighted by Crippen LogP contribution is -2.53. The number of aromatic nitrogens is 1. The topological polar surface area (TPSA) is 60.9 Å². The molecule has 0 radical (unpaired) electrons. The molecule has 0 saturated carbocycles. The van der Waals surface area contributed by atoms with Gasteiger partial charge in [0.1, 0.15) is 17.4 Å². The Labute approximate surface area is 234 Å². The standard InChI is InChI=1S/C30H35ClFN5O2/c1-39-27-7-5-22(6-8-27)21-35-11-9-26(10-12-35)36-13-15-37(16-14-36)29-28(31)18-24(20-33-29)30(38)34-19-23-3-2-4-25(32)17-23/h2-8,17-18,20,26H,9-16,19,21H2,1H3,(H,34,38). The van der Waals surface area contributed by atoms with Gasteiger partial charge in [0.05, 0.1) is 17.7 Å². The molecule has 0 bridgehead atoms. The Kier molecular flexibility index (Phi) is 8.96. The highest BCUT2D eigenvalue weighted by Gasteiger charge is 2.28. The number of piperidine rings is 1. The third kappa shape index (κ3) is 7.06. The van der Waals surface area contributed by atoms with Crippen molar-refractivity contribution in [3.05, 3.63) is 88.3 Å². The van der Waals surface area contributed by atoms with Crippen molar-refractivity contribution in [2.24, 2.45) is 0 Å². The van der Waals surface area contributed by atoms with E-state index in [0.29, 0.717) is 28.0 Å². The minimum atomic E-state index is -0.328. The Morgan fingerprint density at radius 1 is 1.03 bits per heavy atom. The summed E-state index contributed by atoms with van der Waals surface area (Å²) < 4.78 is 18.6. The lowest BCUT2D eigenvalue weighted by molar-refractivity contribution is 0.0950. The molecule has 206 valence electrons. The van der Waals surface area contributed by atoms with E-state index in [4.69, 9.17) is 16.3 Å². The molecule has 2 saturated heterocycles. The van der Waals surface area contributed by atoms with E-state index in [1.807, 2.05) is 12.1 Å². The molecular weight excluding hydrogens is 517 g/mol.